The number of nitrogens with one attached hydrogen (secondary N) is 1. The highest BCUT2D eigenvalue weighted by Gasteiger charge is 2.10. The molecule has 5 nitrogen and oxygen atoms in total. The van der Waals surface area contributed by atoms with Crippen molar-refractivity contribution in [2.75, 3.05) is 5.32 Å². The second-order valence-electron chi connectivity index (χ2n) is 4.82. The number of carbonyl (C=O) groups excluding carboxylic acids is 1. The van der Waals surface area contributed by atoms with Gasteiger partial charge in [-0.15, -0.1) is 0 Å². The van der Waals surface area contributed by atoms with E-state index in [9.17, 15) is 9.90 Å². The SMILES string of the molecule is O=C(Cc1cc(-c2ccccc2)on1)Nc1ccc(O)cc1. The number of benzene rings is 2. The number of phenols is 1. The number of rotatable bonds is 4. The number of phenolic OH excluding ortho intramolecular Hbond substituents is 1. The van der Waals surface area contributed by atoms with Crippen molar-refractivity contribution in [2.45, 2.75) is 6.42 Å². The molecule has 0 unspecified atom stereocenters. The summed E-state index contributed by atoms with van der Waals surface area (Å²) in [6.07, 6.45) is 0.122. The lowest BCUT2D eigenvalue weighted by molar-refractivity contribution is -0.115. The minimum atomic E-state index is -0.196. The van der Waals surface area contributed by atoms with Crippen LogP contribution in [0.25, 0.3) is 11.3 Å². The maximum Gasteiger partial charge on any atom is 0.230 e. The van der Waals surface area contributed by atoms with Crippen molar-refractivity contribution in [3.63, 3.8) is 0 Å². The maximum atomic E-state index is 12.0. The molecule has 0 aliphatic rings. The Morgan fingerprint density at radius 3 is 2.55 bits per heavy atom. The zero-order valence-electron chi connectivity index (χ0n) is 11.7. The molecular formula is C17H14N2O3. The number of amides is 1. The number of hydrogen-bond donors (Lipinski definition) is 2. The molecule has 1 aromatic heterocycles. The fourth-order valence-corrected chi connectivity index (χ4v) is 2.05. The summed E-state index contributed by atoms with van der Waals surface area (Å²) in [5.41, 5.74) is 2.10. The number of hydrogen-bond acceptors (Lipinski definition) is 4. The molecule has 0 radical (unpaired) electrons. The van der Waals surface area contributed by atoms with Gasteiger partial charge >= 0.3 is 0 Å². The van der Waals surface area contributed by atoms with Gasteiger partial charge in [0.2, 0.25) is 5.91 Å². The first-order valence-corrected chi connectivity index (χ1v) is 6.80. The van der Waals surface area contributed by atoms with Crippen LogP contribution in [0.4, 0.5) is 5.69 Å². The molecule has 0 saturated heterocycles. The standard InChI is InChI=1S/C17H14N2O3/c20-15-8-6-13(7-9-15)18-17(21)11-14-10-16(22-19-14)12-4-2-1-3-5-12/h1-10,20H,11H2,(H,18,21). The van der Waals surface area contributed by atoms with Crippen LogP contribution in [0.2, 0.25) is 0 Å². The second kappa shape index (κ2) is 6.13. The fraction of sp³-hybridized carbons (Fsp3) is 0.0588. The normalized spacial score (nSPS) is 10.4. The van der Waals surface area contributed by atoms with Crippen molar-refractivity contribution in [1.82, 2.24) is 5.16 Å². The van der Waals surface area contributed by atoms with Gasteiger partial charge in [-0.3, -0.25) is 4.79 Å². The van der Waals surface area contributed by atoms with E-state index >= 15 is 0 Å². The van der Waals surface area contributed by atoms with E-state index in [1.807, 2.05) is 30.3 Å². The third-order valence-electron chi connectivity index (χ3n) is 3.11. The van der Waals surface area contributed by atoms with Crippen LogP contribution in [0.15, 0.2) is 65.2 Å². The number of nitrogens with zero attached hydrogens (tertiary/aromatic N) is 1. The first-order valence-electron chi connectivity index (χ1n) is 6.80. The maximum absolute atomic E-state index is 12.0. The molecule has 3 aromatic rings. The quantitative estimate of drug-likeness (QED) is 0.724. The first-order chi connectivity index (χ1) is 10.7. The molecule has 0 spiro atoms. The van der Waals surface area contributed by atoms with E-state index in [2.05, 4.69) is 10.5 Å². The van der Waals surface area contributed by atoms with E-state index in [1.165, 1.54) is 12.1 Å². The van der Waals surface area contributed by atoms with Gasteiger partial charge in [0.25, 0.3) is 0 Å². The van der Waals surface area contributed by atoms with Crippen molar-refractivity contribution in [2.24, 2.45) is 0 Å². The number of aromatic hydroxyl groups is 1. The number of carbonyl (C=O) groups is 1. The molecule has 0 bridgehead atoms. The van der Waals surface area contributed by atoms with E-state index in [1.54, 1.807) is 18.2 Å². The average molecular weight is 294 g/mol. The van der Waals surface area contributed by atoms with Gasteiger partial charge in [0.05, 0.1) is 12.1 Å². The summed E-state index contributed by atoms with van der Waals surface area (Å²) in [6.45, 7) is 0. The fourth-order valence-electron chi connectivity index (χ4n) is 2.05. The van der Waals surface area contributed by atoms with Crippen LogP contribution in [0.1, 0.15) is 5.69 Å². The predicted molar refractivity (Wildman–Crippen MR) is 82.4 cm³/mol. The topological polar surface area (TPSA) is 75.4 Å². The molecule has 5 heteroatoms. The first kappa shape index (κ1) is 13.9. The Kier molecular flexibility index (Phi) is 3.87. The van der Waals surface area contributed by atoms with Gasteiger partial charge in [-0.05, 0) is 24.3 Å². The lowest BCUT2D eigenvalue weighted by atomic mass is 10.1. The minimum Gasteiger partial charge on any atom is -0.508 e. The van der Waals surface area contributed by atoms with Crippen LogP contribution >= 0.6 is 0 Å². The van der Waals surface area contributed by atoms with Crippen LogP contribution < -0.4 is 5.32 Å². The molecule has 0 fully saturated rings. The minimum absolute atomic E-state index is 0.122. The average Bonchev–Trinajstić information content (AvgIpc) is 2.99. The molecule has 0 atom stereocenters. The summed E-state index contributed by atoms with van der Waals surface area (Å²) in [5, 5.41) is 15.8. The van der Waals surface area contributed by atoms with E-state index in [0.29, 0.717) is 17.1 Å². The van der Waals surface area contributed by atoms with E-state index < -0.39 is 0 Å². The van der Waals surface area contributed by atoms with Crippen molar-refractivity contribution in [3.8, 4) is 17.1 Å². The third-order valence-corrected chi connectivity index (χ3v) is 3.11. The molecule has 3 rings (SSSR count). The Morgan fingerprint density at radius 2 is 1.82 bits per heavy atom. The van der Waals surface area contributed by atoms with E-state index in [0.717, 1.165) is 5.56 Å². The molecule has 0 aliphatic carbocycles. The highest BCUT2D eigenvalue weighted by Crippen LogP contribution is 2.20. The molecule has 110 valence electrons. The summed E-state index contributed by atoms with van der Waals surface area (Å²) in [4.78, 5) is 12.0. The van der Waals surface area contributed by atoms with Gasteiger partial charge in [0.1, 0.15) is 5.75 Å². The largest absolute Gasteiger partial charge is 0.508 e. The van der Waals surface area contributed by atoms with Gasteiger partial charge in [-0.25, -0.2) is 0 Å². The molecule has 0 aliphatic heterocycles. The van der Waals surface area contributed by atoms with Gasteiger partial charge in [-0.2, -0.15) is 0 Å². The molecule has 1 amide bonds. The van der Waals surface area contributed by atoms with Gasteiger partial charge in [0.15, 0.2) is 5.76 Å². The summed E-state index contributed by atoms with van der Waals surface area (Å²) in [5.74, 6) is 0.591. The van der Waals surface area contributed by atoms with Gasteiger partial charge in [0, 0.05) is 17.3 Å². The van der Waals surface area contributed by atoms with Gasteiger partial charge < -0.3 is 14.9 Å². The summed E-state index contributed by atoms with van der Waals surface area (Å²) < 4.78 is 5.25. The Hall–Kier alpha value is -3.08. The zero-order valence-corrected chi connectivity index (χ0v) is 11.7. The molecule has 1 heterocycles. The summed E-state index contributed by atoms with van der Waals surface area (Å²) >= 11 is 0. The Morgan fingerprint density at radius 1 is 1.09 bits per heavy atom. The highest BCUT2D eigenvalue weighted by molar-refractivity contribution is 5.92. The summed E-state index contributed by atoms with van der Waals surface area (Å²) in [7, 11) is 0. The summed E-state index contributed by atoms with van der Waals surface area (Å²) in [6, 6.07) is 17.6. The molecule has 22 heavy (non-hydrogen) atoms. The predicted octanol–water partition coefficient (Wildman–Crippen LogP) is 3.23. The molecule has 2 N–H and O–H groups in total. The lowest BCUT2D eigenvalue weighted by Crippen LogP contribution is -2.14. The van der Waals surface area contributed by atoms with Crippen LogP contribution in [0, 0.1) is 0 Å². The van der Waals surface area contributed by atoms with Crippen LogP contribution in [-0.2, 0) is 11.2 Å². The van der Waals surface area contributed by atoms with Crippen molar-refractivity contribution in [3.05, 3.63) is 66.4 Å². The highest BCUT2D eigenvalue weighted by atomic mass is 16.5. The third kappa shape index (κ3) is 3.32. The molecule has 2 aromatic carbocycles. The smallest absolute Gasteiger partial charge is 0.230 e. The second-order valence-corrected chi connectivity index (χ2v) is 4.82. The van der Waals surface area contributed by atoms with Crippen LogP contribution in [0.3, 0.4) is 0 Å². The zero-order chi connectivity index (χ0) is 15.4. The molecule has 0 saturated carbocycles. The van der Waals surface area contributed by atoms with Crippen LogP contribution in [-0.4, -0.2) is 16.2 Å². The Labute approximate surface area is 127 Å². The van der Waals surface area contributed by atoms with Crippen LogP contribution in [0.5, 0.6) is 5.75 Å². The van der Waals surface area contributed by atoms with Crippen molar-refractivity contribution >= 4 is 11.6 Å². The monoisotopic (exact) mass is 294 g/mol. The van der Waals surface area contributed by atoms with Crippen molar-refractivity contribution in [1.29, 1.82) is 0 Å². The van der Waals surface area contributed by atoms with Gasteiger partial charge in [-0.1, -0.05) is 35.5 Å². The number of anilines is 1. The van der Waals surface area contributed by atoms with Crippen molar-refractivity contribution < 1.29 is 14.4 Å². The van der Waals surface area contributed by atoms with E-state index in [4.69, 9.17) is 4.52 Å². The Balaban J connectivity index is 1.65. The lowest BCUT2D eigenvalue weighted by Gasteiger charge is -2.03. The number of aromatic nitrogens is 1. The molecular weight excluding hydrogens is 280 g/mol. The Bertz CT molecular complexity index is 764. The van der Waals surface area contributed by atoms with E-state index in [-0.39, 0.29) is 18.1 Å².